The molecule has 2 aromatic heterocycles. The molecule has 0 aliphatic carbocycles. The number of Topliss-reactive ketones (excluding diaryl/α,β-unsaturated/α-hetero) is 1. The zero-order chi connectivity index (χ0) is 20.5. The summed E-state index contributed by atoms with van der Waals surface area (Å²) in [6, 6.07) is 19.8. The number of aromatic nitrogens is 3. The summed E-state index contributed by atoms with van der Waals surface area (Å²) in [6.07, 6.45) is 0. The molecule has 0 radical (unpaired) electrons. The minimum absolute atomic E-state index is 0.0430. The fraction of sp³-hybridized carbons (Fsp3) is 0.250. The van der Waals surface area contributed by atoms with E-state index in [4.69, 9.17) is 0 Å². The van der Waals surface area contributed by atoms with E-state index in [0.717, 1.165) is 29.0 Å². The van der Waals surface area contributed by atoms with Crippen molar-refractivity contribution in [2.75, 3.05) is 0 Å². The maximum absolute atomic E-state index is 13.2. The zero-order valence-electron chi connectivity index (χ0n) is 17.1. The first-order chi connectivity index (χ1) is 14.0. The molecule has 0 N–H and O–H groups in total. The summed E-state index contributed by atoms with van der Waals surface area (Å²) in [4.78, 5) is 26.0. The molecule has 29 heavy (non-hydrogen) atoms. The number of benzene rings is 2. The van der Waals surface area contributed by atoms with Crippen molar-refractivity contribution < 1.29 is 4.79 Å². The summed E-state index contributed by atoms with van der Waals surface area (Å²) in [5, 5.41) is 0. The van der Waals surface area contributed by atoms with Gasteiger partial charge in [0.25, 0.3) is 0 Å². The number of ketones is 1. The molecule has 2 aromatic carbocycles. The third-order valence-electron chi connectivity index (χ3n) is 5.60. The van der Waals surface area contributed by atoms with E-state index in [1.165, 1.54) is 5.56 Å². The first kappa shape index (κ1) is 19.0. The van der Waals surface area contributed by atoms with E-state index in [0.29, 0.717) is 12.1 Å². The SMILES string of the molecule is CCn1c(=O)n(CC(=O)c2cc(C)n(Cc3ccccc3)c2C)c2ccccc21. The second-order valence-electron chi connectivity index (χ2n) is 7.38. The van der Waals surface area contributed by atoms with Crippen molar-refractivity contribution >= 4 is 16.8 Å². The van der Waals surface area contributed by atoms with Crippen LogP contribution in [0.1, 0.15) is 34.2 Å². The molecule has 0 saturated heterocycles. The van der Waals surface area contributed by atoms with Gasteiger partial charge in [-0.2, -0.15) is 0 Å². The molecule has 4 rings (SSSR count). The molecular weight excluding hydrogens is 362 g/mol. The largest absolute Gasteiger partial charge is 0.344 e. The summed E-state index contributed by atoms with van der Waals surface area (Å²) in [5.74, 6) is -0.0430. The number of imidazole rings is 1. The number of nitrogens with zero attached hydrogens (tertiary/aromatic N) is 3. The molecule has 5 heteroatoms. The topological polar surface area (TPSA) is 48.9 Å². The van der Waals surface area contributed by atoms with E-state index in [1.807, 2.05) is 69.3 Å². The van der Waals surface area contributed by atoms with Crippen LogP contribution in [-0.4, -0.2) is 19.5 Å². The summed E-state index contributed by atoms with van der Waals surface area (Å²) in [7, 11) is 0. The van der Waals surface area contributed by atoms with Crippen molar-refractivity contribution in [3.05, 3.63) is 93.7 Å². The van der Waals surface area contributed by atoms with Gasteiger partial charge in [-0.05, 0) is 44.5 Å². The number of hydrogen-bond donors (Lipinski definition) is 0. The van der Waals surface area contributed by atoms with Crippen molar-refractivity contribution in [1.82, 2.24) is 13.7 Å². The van der Waals surface area contributed by atoms with Gasteiger partial charge >= 0.3 is 5.69 Å². The van der Waals surface area contributed by atoms with Gasteiger partial charge in [0.2, 0.25) is 0 Å². The van der Waals surface area contributed by atoms with Crippen LogP contribution >= 0.6 is 0 Å². The van der Waals surface area contributed by atoms with Gasteiger partial charge in [0.1, 0.15) is 0 Å². The second-order valence-corrected chi connectivity index (χ2v) is 7.38. The Labute approximate surface area is 169 Å². The maximum atomic E-state index is 13.2. The average molecular weight is 387 g/mol. The number of carbonyl (C=O) groups is 1. The Kier molecular flexibility index (Phi) is 4.97. The van der Waals surface area contributed by atoms with Crippen LogP contribution in [0.3, 0.4) is 0 Å². The molecular formula is C24H25N3O2. The zero-order valence-corrected chi connectivity index (χ0v) is 17.1. The third kappa shape index (κ3) is 3.33. The van der Waals surface area contributed by atoms with Crippen LogP contribution < -0.4 is 5.69 Å². The van der Waals surface area contributed by atoms with Gasteiger partial charge in [-0.15, -0.1) is 0 Å². The van der Waals surface area contributed by atoms with Crippen LogP contribution in [0.2, 0.25) is 0 Å². The first-order valence-electron chi connectivity index (χ1n) is 9.93. The standard InChI is InChI=1S/C24H25N3O2/c1-4-25-21-12-8-9-13-22(21)27(24(25)29)16-23(28)20-14-17(2)26(18(20)3)15-19-10-6-5-7-11-19/h5-14H,4,15-16H2,1-3H3. The van der Waals surface area contributed by atoms with Gasteiger partial charge in [0.15, 0.2) is 5.78 Å². The predicted molar refractivity (Wildman–Crippen MR) is 116 cm³/mol. The molecule has 0 spiro atoms. The lowest BCUT2D eigenvalue weighted by molar-refractivity contribution is 0.0971. The molecule has 0 fully saturated rings. The van der Waals surface area contributed by atoms with Crippen LogP contribution in [0.25, 0.3) is 11.0 Å². The van der Waals surface area contributed by atoms with Crippen LogP contribution in [0.5, 0.6) is 0 Å². The van der Waals surface area contributed by atoms with E-state index in [2.05, 4.69) is 16.7 Å². The Morgan fingerprint density at radius 1 is 0.862 bits per heavy atom. The van der Waals surface area contributed by atoms with Gasteiger partial charge in [-0.3, -0.25) is 13.9 Å². The summed E-state index contributed by atoms with van der Waals surface area (Å²) < 4.78 is 5.45. The van der Waals surface area contributed by atoms with E-state index in [-0.39, 0.29) is 18.0 Å². The normalized spacial score (nSPS) is 11.3. The molecule has 0 aliphatic heterocycles. The number of fused-ring (bicyclic) bond motifs is 1. The van der Waals surface area contributed by atoms with Crippen LogP contribution in [0.15, 0.2) is 65.5 Å². The molecule has 148 valence electrons. The Bertz CT molecular complexity index is 1240. The van der Waals surface area contributed by atoms with Gasteiger partial charge in [-0.1, -0.05) is 42.5 Å². The van der Waals surface area contributed by atoms with E-state index >= 15 is 0 Å². The minimum Gasteiger partial charge on any atom is -0.344 e. The van der Waals surface area contributed by atoms with Crippen molar-refractivity contribution in [3.63, 3.8) is 0 Å². The second kappa shape index (κ2) is 7.59. The molecule has 0 saturated carbocycles. The average Bonchev–Trinajstić information content (AvgIpc) is 3.17. The van der Waals surface area contributed by atoms with Gasteiger partial charge in [0.05, 0.1) is 17.6 Å². The summed E-state index contributed by atoms with van der Waals surface area (Å²) in [5.41, 5.74) is 5.36. The number of para-hydroxylation sites is 2. The molecule has 0 atom stereocenters. The molecule has 4 aromatic rings. The lowest BCUT2D eigenvalue weighted by atomic mass is 10.1. The Balaban J connectivity index is 1.69. The lowest BCUT2D eigenvalue weighted by Gasteiger charge is -2.10. The molecule has 0 aliphatic rings. The minimum atomic E-state index is -0.139. The number of carbonyl (C=O) groups excluding carboxylic acids is 1. The van der Waals surface area contributed by atoms with Crippen molar-refractivity contribution in [3.8, 4) is 0 Å². The highest BCUT2D eigenvalue weighted by Gasteiger charge is 2.19. The van der Waals surface area contributed by atoms with Crippen molar-refractivity contribution in [1.29, 1.82) is 0 Å². The highest BCUT2D eigenvalue weighted by atomic mass is 16.2. The van der Waals surface area contributed by atoms with Crippen LogP contribution in [0, 0.1) is 13.8 Å². The molecule has 0 bridgehead atoms. The van der Waals surface area contributed by atoms with E-state index in [9.17, 15) is 9.59 Å². The molecule has 2 heterocycles. The molecule has 0 amide bonds. The van der Waals surface area contributed by atoms with Crippen molar-refractivity contribution in [2.24, 2.45) is 0 Å². The Hall–Kier alpha value is -3.34. The number of rotatable bonds is 6. The van der Waals surface area contributed by atoms with E-state index in [1.54, 1.807) is 9.13 Å². The van der Waals surface area contributed by atoms with Gasteiger partial charge in [0, 0.05) is 30.0 Å². The Morgan fingerprint density at radius 2 is 1.48 bits per heavy atom. The van der Waals surface area contributed by atoms with Crippen LogP contribution in [0.4, 0.5) is 0 Å². The monoisotopic (exact) mass is 387 g/mol. The highest BCUT2D eigenvalue weighted by Crippen LogP contribution is 2.19. The molecule has 5 nitrogen and oxygen atoms in total. The maximum Gasteiger partial charge on any atom is 0.329 e. The summed E-state index contributed by atoms with van der Waals surface area (Å²) in [6.45, 7) is 7.27. The highest BCUT2D eigenvalue weighted by molar-refractivity contribution is 5.98. The fourth-order valence-electron chi connectivity index (χ4n) is 4.05. The molecule has 0 unspecified atom stereocenters. The predicted octanol–water partition coefficient (Wildman–Crippen LogP) is 4.17. The van der Waals surface area contributed by atoms with Gasteiger partial charge in [-0.25, -0.2) is 4.79 Å². The quantitative estimate of drug-likeness (QED) is 0.466. The smallest absolute Gasteiger partial charge is 0.329 e. The fourth-order valence-corrected chi connectivity index (χ4v) is 4.05. The number of aryl methyl sites for hydroxylation is 2. The van der Waals surface area contributed by atoms with E-state index < -0.39 is 0 Å². The Morgan fingerprint density at radius 3 is 2.14 bits per heavy atom. The summed E-state index contributed by atoms with van der Waals surface area (Å²) >= 11 is 0. The first-order valence-corrected chi connectivity index (χ1v) is 9.93. The van der Waals surface area contributed by atoms with Gasteiger partial charge < -0.3 is 4.57 Å². The van der Waals surface area contributed by atoms with Crippen molar-refractivity contribution in [2.45, 2.75) is 40.4 Å². The van der Waals surface area contributed by atoms with Crippen LogP contribution in [-0.2, 0) is 19.6 Å². The lowest BCUT2D eigenvalue weighted by Crippen LogP contribution is -2.26. The number of hydrogen-bond acceptors (Lipinski definition) is 2. The third-order valence-corrected chi connectivity index (χ3v) is 5.60.